The topological polar surface area (TPSA) is 48.5 Å². The summed E-state index contributed by atoms with van der Waals surface area (Å²) < 4.78 is 5.31. The van der Waals surface area contributed by atoms with Gasteiger partial charge < -0.3 is 14.8 Å². The maximum atomic E-state index is 10.5. The first kappa shape index (κ1) is 14.0. The lowest BCUT2D eigenvalue weighted by atomic mass is 9.78. The van der Waals surface area contributed by atoms with E-state index in [1.54, 1.807) is 14.0 Å². The van der Waals surface area contributed by atoms with Crippen LogP contribution in [0.3, 0.4) is 0 Å². The Balaban J connectivity index is 1.90. The molecule has 4 rings (SSSR count). The lowest BCUT2D eigenvalue weighted by Crippen LogP contribution is -2.49. The Labute approximate surface area is 130 Å². The molecule has 2 aliphatic rings. The van der Waals surface area contributed by atoms with Gasteiger partial charge in [0.15, 0.2) is 5.79 Å². The zero-order valence-corrected chi connectivity index (χ0v) is 13.3. The van der Waals surface area contributed by atoms with Gasteiger partial charge in [-0.3, -0.25) is 4.90 Å². The highest BCUT2D eigenvalue weighted by molar-refractivity contribution is 5.98. The lowest BCUT2D eigenvalue weighted by Gasteiger charge is -2.43. The number of ether oxygens (including phenoxy) is 1. The van der Waals surface area contributed by atoms with Crippen molar-refractivity contribution in [3.63, 3.8) is 0 Å². The molecular formula is C18H22N2O2. The van der Waals surface area contributed by atoms with E-state index < -0.39 is 5.79 Å². The molecular weight excluding hydrogens is 276 g/mol. The van der Waals surface area contributed by atoms with E-state index in [4.69, 9.17) is 4.74 Å². The average Bonchev–Trinajstić information content (AvgIpc) is 2.93. The van der Waals surface area contributed by atoms with Crippen molar-refractivity contribution in [2.45, 2.75) is 25.2 Å². The number of benzene rings is 1. The van der Waals surface area contributed by atoms with Gasteiger partial charge in [-0.15, -0.1) is 0 Å². The van der Waals surface area contributed by atoms with Gasteiger partial charge in [-0.1, -0.05) is 18.2 Å². The van der Waals surface area contributed by atoms with Gasteiger partial charge in [0.25, 0.3) is 0 Å². The smallest absolute Gasteiger partial charge is 0.169 e. The fraction of sp³-hybridized carbons (Fsp3) is 0.444. The van der Waals surface area contributed by atoms with Gasteiger partial charge in [-0.25, -0.2) is 0 Å². The number of aromatic amines is 1. The van der Waals surface area contributed by atoms with Crippen molar-refractivity contribution in [3.05, 3.63) is 41.6 Å². The van der Waals surface area contributed by atoms with Crippen LogP contribution in [0.25, 0.3) is 16.5 Å². The molecule has 1 aromatic heterocycles. The van der Waals surface area contributed by atoms with Gasteiger partial charge in [-0.05, 0) is 43.2 Å². The Bertz CT molecular complexity index is 760. The normalized spacial score (nSPS) is 27.4. The Kier molecular flexibility index (Phi) is 2.98. The fourth-order valence-electron chi connectivity index (χ4n) is 3.93. The van der Waals surface area contributed by atoms with Crippen LogP contribution in [0.5, 0.6) is 0 Å². The molecule has 1 aliphatic heterocycles. The summed E-state index contributed by atoms with van der Waals surface area (Å²) >= 11 is 0. The van der Waals surface area contributed by atoms with Gasteiger partial charge in [0.05, 0.1) is 0 Å². The zero-order chi connectivity index (χ0) is 15.5. The SMILES string of the molecule is COC(C)(O)[C@@H]1C=C2c3cccc4[nH]cc(c34)C[C@H]2N(C)C1. The maximum absolute atomic E-state index is 10.5. The number of aromatic nitrogens is 1. The van der Waals surface area contributed by atoms with E-state index in [2.05, 4.69) is 47.4 Å². The Morgan fingerprint density at radius 3 is 3.00 bits per heavy atom. The second-order valence-electron chi connectivity index (χ2n) is 6.69. The third kappa shape index (κ3) is 1.88. The van der Waals surface area contributed by atoms with Crippen LogP contribution in [-0.2, 0) is 11.2 Å². The third-order valence-corrected chi connectivity index (χ3v) is 5.37. The predicted octanol–water partition coefficient (Wildman–Crippen LogP) is 2.39. The molecule has 4 nitrogen and oxygen atoms in total. The Morgan fingerprint density at radius 2 is 2.23 bits per heavy atom. The highest BCUT2D eigenvalue weighted by Gasteiger charge is 2.39. The molecule has 2 aromatic rings. The van der Waals surface area contributed by atoms with Crippen LogP contribution < -0.4 is 0 Å². The van der Waals surface area contributed by atoms with E-state index in [0.717, 1.165) is 13.0 Å². The maximum Gasteiger partial charge on any atom is 0.169 e. The number of methoxy groups -OCH3 is 1. The van der Waals surface area contributed by atoms with Crippen LogP contribution in [-0.4, -0.2) is 47.5 Å². The standard InChI is InChI=1S/C18H22N2O2/c1-18(21,22-3)12-8-14-13-5-4-6-15-17(13)11(9-19-15)7-16(14)20(2)10-12/h4-6,8-9,12,16,19,21H,7,10H2,1-3H3/t12-,16-,18?/m1/s1. The van der Waals surface area contributed by atoms with Gasteiger partial charge in [0.1, 0.15) is 0 Å². The fourth-order valence-corrected chi connectivity index (χ4v) is 3.93. The van der Waals surface area contributed by atoms with Crippen LogP contribution >= 0.6 is 0 Å². The molecule has 116 valence electrons. The van der Waals surface area contributed by atoms with Crippen LogP contribution in [0.4, 0.5) is 0 Å². The summed E-state index contributed by atoms with van der Waals surface area (Å²) in [7, 11) is 3.70. The summed E-state index contributed by atoms with van der Waals surface area (Å²) in [6.45, 7) is 2.54. The number of rotatable bonds is 2. The van der Waals surface area contributed by atoms with E-state index in [1.807, 2.05) is 0 Å². The van der Waals surface area contributed by atoms with E-state index in [0.29, 0.717) is 6.04 Å². The van der Waals surface area contributed by atoms with Crippen molar-refractivity contribution in [2.24, 2.45) is 5.92 Å². The minimum absolute atomic E-state index is 0.0375. The molecule has 0 spiro atoms. The molecule has 0 radical (unpaired) electrons. The van der Waals surface area contributed by atoms with Crippen molar-refractivity contribution >= 4 is 16.5 Å². The second-order valence-corrected chi connectivity index (χ2v) is 6.69. The monoisotopic (exact) mass is 298 g/mol. The van der Waals surface area contributed by atoms with Crippen molar-refractivity contribution < 1.29 is 9.84 Å². The quantitative estimate of drug-likeness (QED) is 0.837. The molecule has 1 unspecified atom stereocenters. The number of aliphatic hydroxyl groups is 1. The van der Waals surface area contributed by atoms with E-state index in [9.17, 15) is 5.11 Å². The predicted molar refractivity (Wildman–Crippen MR) is 87.5 cm³/mol. The molecule has 22 heavy (non-hydrogen) atoms. The molecule has 2 N–H and O–H groups in total. The second kappa shape index (κ2) is 4.69. The van der Waals surface area contributed by atoms with Crippen molar-refractivity contribution in [1.82, 2.24) is 9.88 Å². The summed E-state index contributed by atoms with van der Waals surface area (Å²) in [6.07, 6.45) is 5.37. The molecule has 0 saturated heterocycles. The van der Waals surface area contributed by atoms with Crippen molar-refractivity contribution in [1.29, 1.82) is 0 Å². The number of hydrogen-bond acceptors (Lipinski definition) is 3. The molecule has 1 aromatic carbocycles. The average molecular weight is 298 g/mol. The largest absolute Gasteiger partial charge is 0.365 e. The first-order chi connectivity index (χ1) is 10.5. The number of nitrogens with one attached hydrogen (secondary N) is 1. The Morgan fingerprint density at radius 1 is 1.41 bits per heavy atom. The van der Waals surface area contributed by atoms with Gasteiger partial charge >= 0.3 is 0 Å². The molecule has 1 aliphatic carbocycles. The summed E-state index contributed by atoms with van der Waals surface area (Å²) in [5.41, 5.74) is 5.17. The molecule has 3 atom stereocenters. The van der Waals surface area contributed by atoms with Crippen LogP contribution in [0.1, 0.15) is 18.1 Å². The van der Waals surface area contributed by atoms with Gasteiger partial charge in [0.2, 0.25) is 0 Å². The zero-order valence-electron chi connectivity index (χ0n) is 13.3. The molecule has 0 saturated carbocycles. The number of H-pyrrole nitrogens is 1. The minimum atomic E-state index is -1.14. The van der Waals surface area contributed by atoms with Crippen molar-refractivity contribution in [2.75, 3.05) is 20.7 Å². The highest BCUT2D eigenvalue weighted by Crippen LogP contribution is 2.42. The summed E-state index contributed by atoms with van der Waals surface area (Å²) in [5.74, 6) is -1.18. The molecule has 4 heteroatoms. The lowest BCUT2D eigenvalue weighted by molar-refractivity contribution is -0.200. The number of hydrogen-bond donors (Lipinski definition) is 2. The van der Waals surface area contributed by atoms with E-state index in [1.165, 1.54) is 27.6 Å². The first-order valence-corrected chi connectivity index (χ1v) is 7.80. The van der Waals surface area contributed by atoms with Gasteiger partial charge in [-0.2, -0.15) is 0 Å². The first-order valence-electron chi connectivity index (χ1n) is 7.80. The summed E-state index contributed by atoms with van der Waals surface area (Å²) in [6, 6.07) is 6.78. The van der Waals surface area contributed by atoms with Crippen LogP contribution in [0, 0.1) is 5.92 Å². The molecule has 0 bridgehead atoms. The van der Waals surface area contributed by atoms with E-state index in [-0.39, 0.29) is 5.92 Å². The Hall–Kier alpha value is -1.62. The summed E-state index contributed by atoms with van der Waals surface area (Å²) in [5, 5.41) is 11.8. The summed E-state index contributed by atoms with van der Waals surface area (Å²) in [4.78, 5) is 5.71. The number of fused-ring (bicyclic) bond motifs is 2. The number of likely N-dealkylation sites (N-methyl/N-ethyl adjacent to an activating group) is 1. The number of nitrogens with zero attached hydrogens (tertiary/aromatic N) is 1. The van der Waals surface area contributed by atoms with Gasteiger partial charge in [0, 0.05) is 42.7 Å². The van der Waals surface area contributed by atoms with E-state index >= 15 is 0 Å². The van der Waals surface area contributed by atoms with Crippen LogP contribution in [0.2, 0.25) is 0 Å². The minimum Gasteiger partial charge on any atom is -0.365 e. The molecule has 0 fully saturated rings. The third-order valence-electron chi connectivity index (χ3n) is 5.37. The molecule has 0 amide bonds. The highest BCUT2D eigenvalue weighted by atomic mass is 16.6. The van der Waals surface area contributed by atoms with Crippen molar-refractivity contribution in [3.8, 4) is 0 Å². The van der Waals surface area contributed by atoms with Crippen LogP contribution in [0.15, 0.2) is 30.5 Å². The molecule has 2 heterocycles.